The first-order chi connectivity index (χ1) is 14.6. The minimum absolute atomic E-state index is 0.169. The number of benzene rings is 1. The highest BCUT2D eigenvalue weighted by atomic mass is 19.1. The Morgan fingerprint density at radius 3 is 2.70 bits per heavy atom. The number of aromatic nitrogens is 4. The summed E-state index contributed by atoms with van der Waals surface area (Å²) in [4.78, 5) is 27.7. The number of hydrogen-bond donors (Lipinski definition) is 0. The normalized spacial score (nSPS) is 21.6. The molecule has 3 aromatic rings. The molecule has 8 heteroatoms. The van der Waals surface area contributed by atoms with Crippen molar-refractivity contribution in [3.8, 4) is 11.5 Å². The van der Waals surface area contributed by atoms with Crippen LogP contribution in [0.3, 0.4) is 0 Å². The van der Waals surface area contributed by atoms with Crippen LogP contribution in [0.4, 0.5) is 4.39 Å². The molecule has 0 N–H and O–H groups in total. The Morgan fingerprint density at radius 2 is 1.97 bits per heavy atom. The number of hydrogen-bond acceptors (Lipinski definition) is 6. The Kier molecular flexibility index (Phi) is 4.77. The van der Waals surface area contributed by atoms with Gasteiger partial charge in [-0.3, -0.25) is 4.79 Å². The van der Waals surface area contributed by atoms with Gasteiger partial charge < -0.3 is 9.42 Å². The maximum Gasteiger partial charge on any atom is 0.291 e. The van der Waals surface area contributed by atoms with E-state index in [1.807, 2.05) is 4.90 Å². The average molecular weight is 407 g/mol. The van der Waals surface area contributed by atoms with Crippen molar-refractivity contribution < 1.29 is 13.7 Å². The Labute approximate surface area is 173 Å². The van der Waals surface area contributed by atoms with Crippen LogP contribution in [-0.2, 0) is 5.41 Å². The first-order valence-electron chi connectivity index (χ1n) is 10.3. The minimum atomic E-state index is -0.356. The van der Waals surface area contributed by atoms with Crippen molar-refractivity contribution in [2.24, 2.45) is 5.92 Å². The highest BCUT2D eigenvalue weighted by molar-refractivity contribution is 5.90. The van der Waals surface area contributed by atoms with Crippen LogP contribution in [0.25, 0.3) is 11.5 Å². The molecule has 1 aliphatic carbocycles. The molecule has 2 fully saturated rings. The smallest absolute Gasteiger partial charge is 0.291 e. The van der Waals surface area contributed by atoms with Crippen molar-refractivity contribution in [1.29, 1.82) is 0 Å². The third-order valence-corrected chi connectivity index (χ3v) is 5.99. The fourth-order valence-corrected chi connectivity index (χ4v) is 4.32. The van der Waals surface area contributed by atoms with Gasteiger partial charge in [0.1, 0.15) is 5.82 Å². The van der Waals surface area contributed by atoms with Gasteiger partial charge in [-0.1, -0.05) is 18.0 Å². The molecule has 0 bridgehead atoms. The third-order valence-electron chi connectivity index (χ3n) is 5.99. The SMILES string of the molecule is O=C(c1ncccn1)N1CCCC(CC2CC2)(c2noc(-c3ccc(F)cc3)n2)C1. The van der Waals surface area contributed by atoms with E-state index in [1.165, 1.54) is 25.0 Å². The number of likely N-dealkylation sites (tertiary alicyclic amines) is 1. The monoisotopic (exact) mass is 407 g/mol. The quantitative estimate of drug-likeness (QED) is 0.642. The fraction of sp³-hybridized carbons (Fsp3) is 0.409. The highest BCUT2D eigenvalue weighted by Gasteiger charge is 2.46. The molecule has 154 valence electrons. The highest BCUT2D eigenvalue weighted by Crippen LogP contribution is 2.46. The Morgan fingerprint density at radius 1 is 1.20 bits per heavy atom. The second-order valence-electron chi connectivity index (χ2n) is 8.26. The van der Waals surface area contributed by atoms with E-state index in [0.29, 0.717) is 36.3 Å². The predicted octanol–water partition coefficient (Wildman–Crippen LogP) is 3.64. The van der Waals surface area contributed by atoms with Gasteiger partial charge in [0, 0.05) is 31.0 Å². The molecule has 1 unspecified atom stereocenters. The molecule has 5 rings (SSSR count). The molecule has 2 aliphatic rings. The average Bonchev–Trinajstić information content (AvgIpc) is 3.45. The number of carbonyl (C=O) groups is 1. The van der Waals surface area contributed by atoms with Crippen molar-refractivity contribution in [3.05, 3.63) is 60.2 Å². The number of halogens is 1. The molecule has 2 aromatic heterocycles. The molecule has 1 amide bonds. The van der Waals surface area contributed by atoms with Gasteiger partial charge in [0.15, 0.2) is 5.82 Å². The first kappa shape index (κ1) is 18.8. The Bertz CT molecular complexity index is 1040. The number of piperidine rings is 1. The third kappa shape index (κ3) is 3.69. The van der Waals surface area contributed by atoms with Gasteiger partial charge in [-0.25, -0.2) is 14.4 Å². The van der Waals surface area contributed by atoms with Crippen LogP contribution in [0.5, 0.6) is 0 Å². The standard InChI is InChI=1S/C22H22FN5O2/c23-17-7-5-16(6-8-17)19-26-21(27-30-19)22(13-15-3-4-15)9-1-12-28(14-22)20(29)18-24-10-2-11-25-18/h2,5-8,10-11,15H,1,3-4,9,12-14H2. The molecule has 0 spiro atoms. The summed E-state index contributed by atoms with van der Waals surface area (Å²) in [5.74, 6) is 1.35. The van der Waals surface area contributed by atoms with E-state index < -0.39 is 0 Å². The lowest BCUT2D eigenvalue weighted by atomic mass is 9.74. The molecule has 0 radical (unpaired) electrons. The molecular formula is C22H22FN5O2. The summed E-state index contributed by atoms with van der Waals surface area (Å²) < 4.78 is 18.8. The van der Waals surface area contributed by atoms with E-state index in [9.17, 15) is 9.18 Å². The van der Waals surface area contributed by atoms with Crippen LogP contribution in [0.15, 0.2) is 47.2 Å². The van der Waals surface area contributed by atoms with Crippen molar-refractivity contribution in [2.75, 3.05) is 13.1 Å². The summed E-state index contributed by atoms with van der Waals surface area (Å²) in [6.45, 7) is 1.18. The van der Waals surface area contributed by atoms with Crippen molar-refractivity contribution in [3.63, 3.8) is 0 Å². The summed E-state index contributed by atoms with van der Waals surface area (Å²) in [6.07, 6.45) is 8.22. The van der Waals surface area contributed by atoms with Crippen LogP contribution in [-0.4, -0.2) is 44.0 Å². The topological polar surface area (TPSA) is 85.0 Å². The largest absolute Gasteiger partial charge is 0.335 e. The Hall–Kier alpha value is -3.16. The number of rotatable bonds is 5. The van der Waals surface area contributed by atoms with Gasteiger partial charge in [0.25, 0.3) is 11.8 Å². The zero-order valence-electron chi connectivity index (χ0n) is 16.5. The molecule has 1 aliphatic heterocycles. The molecule has 1 atom stereocenters. The van der Waals surface area contributed by atoms with Crippen molar-refractivity contribution >= 4 is 5.91 Å². The molecule has 1 aromatic carbocycles. The first-order valence-corrected chi connectivity index (χ1v) is 10.3. The zero-order chi connectivity index (χ0) is 20.6. The van der Waals surface area contributed by atoms with E-state index >= 15 is 0 Å². The van der Waals surface area contributed by atoms with Gasteiger partial charge >= 0.3 is 0 Å². The zero-order valence-corrected chi connectivity index (χ0v) is 16.5. The molecule has 7 nitrogen and oxygen atoms in total. The second-order valence-corrected chi connectivity index (χ2v) is 8.26. The summed E-state index contributed by atoms with van der Waals surface area (Å²) in [7, 11) is 0. The number of nitrogens with zero attached hydrogens (tertiary/aromatic N) is 5. The number of carbonyl (C=O) groups excluding carboxylic acids is 1. The molecule has 1 saturated carbocycles. The lowest BCUT2D eigenvalue weighted by Gasteiger charge is -2.40. The fourth-order valence-electron chi connectivity index (χ4n) is 4.32. The second kappa shape index (κ2) is 7.59. The van der Waals surface area contributed by atoms with Gasteiger partial charge in [0.2, 0.25) is 5.82 Å². The lowest BCUT2D eigenvalue weighted by Crippen LogP contribution is -2.49. The molecular weight excluding hydrogens is 385 g/mol. The van der Waals surface area contributed by atoms with Crippen LogP contribution in [0.1, 0.15) is 48.5 Å². The van der Waals surface area contributed by atoms with Gasteiger partial charge in [-0.2, -0.15) is 4.98 Å². The van der Waals surface area contributed by atoms with E-state index in [2.05, 4.69) is 20.1 Å². The van der Waals surface area contributed by atoms with E-state index in [4.69, 9.17) is 4.52 Å². The van der Waals surface area contributed by atoms with Crippen molar-refractivity contribution in [2.45, 2.75) is 37.5 Å². The lowest BCUT2D eigenvalue weighted by molar-refractivity contribution is 0.0595. The van der Waals surface area contributed by atoms with Gasteiger partial charge in [-0.15, -0.1) is 0 Å². The number of amides is 1. The predicted molar refractivity (Wildman–Crippen MR) is 106 cm³/mol. The Balaban J connectivity index is 1.44. The van der Waals surface area contributed by atoms with Crippen molar-refractivity contribution in [1.82, 2.24) is 25.0 Å². The van der Waals surface area contributed by atoms with Crippen LogP contribution in [0.2, 0.25) is 0 Å². The minimum Gasteiger partial charge on any atom is -0.335 e. The van der Waals surface area contributed by atoms with Gasteiger partial charge in [0.05, 0.1) is 5.41 Å². The molecule has 3 heterocycles. The molecule has 1 saturated heterocycles. The molecule has 30 heavy (non-hydrogen) atoms. The van der Waals surface area contributed by atoms with E-state index in [0.717, 1.165) is 19.3 Å². The van der Waals surface area contributed by atoms with E-state index in [-0.39, 0.29) is 23.0 Å². The van der Waals surface area contributed by atoms with Crippen LogP contribution >= 0.6 is 0 Å². The van der Waals surface area contributed by atoms with E-state index in [1.54, 1.807) is 30.6 Å². The van der Waals surface area contributed by atoms with Crippen LogP contribution < -0.4 is 0 Å². The summed E-state index contributed by atoms with van der Waals surface area (Å²) in [5.41, 5.74) is 0.323. The maximum absolute atomic E-state index is 13.3. The summed E-state index contributed by atoms with van der Waals surface area (Å²) in [5, 5.41) is 4.31. The van der Waals surface area contributed by atoms with Gasteiger partial charge in [-0.05, 0) is 55.5 Å². The van der Waals surface area contributed by atoms with Crippen LogP contribution in [0, 0.1) is 11.7 Å². The summed E-state index contributed by atoms with van der Waals surface area (Å²) >= 11 is 0. The maximum atomic E-state index is 13.3. The summed E-state index contributed by atoms with van der Waals surface area (Å²) in [6, 6.07) is 7.70.